The van der Waals surface area contributed by atoms with Gasteiger partial charge in [-0.1, -0.05) is 36.4 Å². The number of methoxy groups -OCH3 is 2. The second-order valence-corrected chi connectivity index (χ2v) is 14.3. The summed E-state index contributed by atoms with van der Waals surface area (Å²) in [5.74, 6) is 1.01. The standard InChI is InChI=1S/C45H38N4O8/c1-26-12-34-36(46-21-31-16-29-8-4-6-10-38(29)48(31)44(34)51)19-40(26)56-23-27-13-28(15-33(14-27)55-25-43(50)54-3)24-57-42-20-37-35(18-41(42)53-2)45(52)49-32(22-47-37)17-30-9-5-7-11-39(30)49/h4-15,18-22,31-32H,16-17,23-25H2,1-3H3/t31-,32-/m0/s1. The molecule has 57 heavy (non-hydrogen) atoms. The average molecular weight is 763 g/mol. The molecule has 0 aliphatic carbocycles. The van der Waals surface area contributed by atoms with Crippen molar-refractivity contribution >= 4 is 53.0 Å². The Labute approximate surface area is 328 Å². The fraction of sp³-hybridized carbons (Fsp3) is 0.222. The number of ether oxygens (including phenoxy) is 5. The molecule has 12 nitrogen and oxygen atoms in total. The first kappa shape index (κ1) is 35.7. The van der Waals surface area contributed by atoms with E-state index in [1.807, 2.05) is 84.9 Å². The molecular weight excluding hydrogens is 725 g/mol. The Balaban J connectivity index is 0.953. The number of carbonyl (C=O) groups is 3. The minimum absolute atomic E-state index is 0.0901. The number of esters is 1. The van der Waals surface area contributed by atoms with Crippen LogP contribution in [0.1, 0.15) is 48.5 Å². The van der Waals surface area contributed by atoms with E-state index in [0.717, 1.165) is 39.2 Å². The van der Waals surface area contributed by atoms with Crippen LogP contribution < -0.4 is 28.7 Å². The summed E-state index contributed by atoms with van der Waals surface area (Å²) in [6, 6.07) is 28.0. The van der Waals surface area contributed by atoms with E-state index in [9.17, 15) is 14.4 Å². The molecule has 0 spiro atoms. The Kier molecular flexibility index (Phi) is 9.16. The lowest BCUT2D eigenvalue weighted by Crippen LogP contribution is -2.37. The lowest BCUT2D eigenvalue weighted by molar-refractivity contribution is -0.142. The zero-order valence-electron chi connectivity index (χ0n) is 31.6. The van der Waals surface area contributed by atoms with Crippen LogP contribution in [0.4, 0.5) is 22.7 Å². The van der Waals surface area contributed by atoms with Crippen molar-refractivity contribution in [3.8, 4) is 23.0 Å². The van der Waals surface area contributed by atoms with Crippen LogP contribution in [0, 0.1) is 6.92 Å². The van der Waals surface area contributed by atoms with Crippen LogP contribution in [0.5, 0.6) is 23.0 Å². The molecule has 0 radical (unpaired) electrons. The first-order valence-electron chi connectivity index (χ1n) is 18.6. The minimum atomic E-state index is -0.525. The molecule has 0 fully saturated rings. The van der Waals surface area contributed by atoms with Gasteiger partial charge >= 0.3 is 5.97 Å². The first-order chi connectivity index (χ1) is 27.8. The highest BCUT2D eigenvalue weighted by Gasteiger charge is 2.37. The summed E-state index contributed by atoms with van der Waals surface area (Å²) in [5, 5.41) is 0. The molecule has 2 atom stereocenters. The number of anilines is 2. The second kappa shape index (κ2) is 14.6. The van der Waals surface area contributed by atoms with Gasteiger partial charge in [0.2, 0.25) is 0 Å². The minimum Gasteiger partial charge on any atom is -0.493 e. The predicted molar refractivity (Wildman–Crippen MR) is 215 cm³/mol. The number of hydrogen-bond acceptors (Lipinski definition) is 10. The third-order valence-electron chi connectivity index (χ3n) is 10.7. The topological polar surface area (TPSA) is 129 Å². The molecule has 4 aliphatic rings. The van der Waals surface area contributed by atoms with Crippen molar-refractivity contribution < 1.29 is 38.1 Å². The van der Waals surface area contributed by atoms with Gasteiger partial charge in [-0.2, -0.15) is 0 Å². The van der Waals surface area contributed by atoms with Gasteiger partial charge in [-0.15, -0.1) is 0 Å². The van der Waals surface area contributed by atoms with Crippen LogP contribution in [0.2, 0.25) is 0 Å². The van der Waals surface area contributed by atoms with Crippen molar-refractivity contribution in [1.29, 1.82) is 0 Å². The van der Waals surface area contributed by atoms with Crippen LogP contribution in [-0.4, -0.2) is 63.1 Å². The van der Waals surface area contributed by atoms with E-state index in [1.165, 1.54) is 14.2 Å². The highest BCUT2D eigenvalue weighted by molar-refractivity contribution is 6.15. The highest BCUT2D eigenvalue weighted by Crippen LogP contribution is 2.42. The third-order valence-corrected chi connectivity index (χ3v) is 10.7. The molecule has 0 unspecified atom stereocenters. The number of amides is 2. The molecule has 4 aliphatic heterocycles. The summed E-state index contributed by atoms with van der Waals surface area (Å²) >= 11 is 0. The zero-order valence-corrected chi connectivity index (χ0v) is 31.6. The van der Waals surface area contributed by atoms with Crippen molar-refractivity contribution in [2.24, 2.45) is 9.98 Å². The Hall–Kier alpha value is -6.95. The molecule has 0 aromatic heterocycles. The van der Waals surface area contributed by atoms with Crippen molar-refractivity contribution in [2.45, 2.75) is 45.1 Å². The summed E-state index contributed by atoms with van der Waals surface area (Å²) < 4.78 is 29.0. The van der Waals surface area contributed by atoms with Gasteiger partial charge in [0.25, 0.3) is 11.8 Å². The van der Waals surface area contributed by atoms with E-state index in [1.54, 1.807) is 35.2 Å². The molecule has 5 aromatic rings. The summed E-state index contributed by atoms with van der Waals surface area (Å²) in [7, 11) is 2.82. The van der Waals surface area contributed by atoms with E-state index in [2.05, 4.69) is 0 Å². The van der Waals surface area contributed by atoms with E-state index in [0.29, 0.717) is 58.3 Å². The van der Waals surface area contributed by atoms with E-state index in [4.69, 9.17) is 33.7 Å². The molecule has 0 bridgehead atoms. The normalized spacial score (nSPS) is 17.0. The Morgan fingerprint density at radius 2 is 1.21 bits per heavy atom. The number of benzene rings is 5. The molecule has 286 valence electrons. The molecule has 4 heterocycles. The molecule has 2 amide bonds. The lowest BCUT2D eigenvalue weighted by Gasteiger charge is -2.22. The van der Waals surface area contributed by atoms with Gasteiger partial charge < -0.3 is 23.7 Å². The van der Waals surface area contributed by atoms with Gasteiger partial charge in [0, 0.05) is 48.8 Å². The molecular formula is C45H38N4O8. The van der Waals surface area contributed by atoms with Crippen molar-refractivity contribution in [3.63, 3.8) is 0 Å². The molecule has 0 saturated heterocycles. The maximum Gasteiger partial charge on any atom is 0.343 e. The van der Waals surface area contributed by atoms with Gasteiger partial charge in [-0.3, -0.25) is 29.4 Å². The number of hydrogen-bond donors (Lipinski definition) is 0. The Morgan fingerprint density at radius 1 is 0.667 bits per heavy atom. The SMILES string of the molecule is COC(=O)COc1cc(COc2cc3c(cc2C)C(=O)N2c4ccccc4C[C@H]2C=N3)cc(COc2cc3c(cc2OC)C(=O)N2c4ccccc4C[C@H]2C=N3)c1. The maximum absolute atomic E-state index is 13.9. The van der Waals surface area contributed by atoms with Crippen molar-refractivity contribution in [2.75, 3.05) is 30.6 Å². The molecule has 0 saturated carbocycles. The first-order valence-corrected chi connectivity index (χ1v) is 18.6. The van der Waals surface area contributed by atoms with Crippen molar-refractivity contribution in [1.82, 2.24) is 0 Å². The number of aliphatic imine (C=N–C) groups is 2. The zero-order chi connectivity index (χ0) is 39.2. The Morgan fingerprint density at radius 3 is 1.79 bits per heavy atom. The largest absolute Gasteiger partial charge is 0.493 e. The second-order valence-electron chi connectivity index (χ2n) is 14.3. The quantitative estimate of drug-likeness (QED) is 0.136. The lowest BCUT2D eigenvalue weighted by atomic mass is 10.1. The number of para-hydroxylation sites is 2. The van der Waals surface area contributed by atoms with Gasteiger partial charge in [0.15, 0.2) is 18.1 Å². The third kappa shape index (κ3) is 6.62. The van der Waals surface area contributed by atoms with Crippen LogP contribution >= 0.6 is 0 Å². The van der Waals surface area contributed by atoms with Gasteiger partial charge in [-0.25, -0.2) is 4.79 Å². The molecule has 12 heteroatoms. The average Bonchev–Trinajstić information content (AvgIpc) is 3.72. The van der Waals surface area contributed by atoms with Crippen LogP contribution in [-0.2, 0) is 35.6 Å². The number of aryl methyl sites for hydroxylation is 1. The van der Waals surface area contributed by atoms with Gasteiger partial charge in [-0.05, 0) is 77.2 Å². The fourth-order valence-corrected chi connectivity index (χ4v) is 7.89. The Bertz CT molecular complexity index is 2530. The van der Waals surface area contributed by atoms with Crippen LogP contribution in [0.25, 0.3) is 0 Å². The number of rotatable bonds is 10. The summed E-state index contributed by atoms with van der Waals surface area (Å²) in [6.07, 6.45) is 5.05. The highest BCUT2D eigenvalue weighted by atomic mass is 16.6. The number of fused-ring (bicyclic) bond motifs is 8. The smallest absolute Gasteiger partial charge is 0.343 e. The van der Waals surface area contributed by atoms with Crippen molar-refractivity contribution in [3.05, 3.63) is 130 Å². The number of carbonyl (C=O) groups excluding carboxylic acids is 3. The van der Waals surface area contributed by atoms with Gasteiger partial charge in [0.1, 0.15) is 24.7 Å². The van der Waals surface area contributed by atoms with Gasteiger partial charge in [0.05, 0.1) is 48.8 Å². The number of nitrogens with zero attached hydrogens (tertiary/aromatic N) is 4. The van der Waals surface area contributed by atoms with E-state index < -0.39 is 5.97 Å². The van der Waals surface area contributed by atoms with Crippen LogP contribution in [0.15, 0.2) is 101 Å². The summed E-state index contributed by atoms with van der Waals surface area (Å²) in [5.41, 5.74) is 8.23. The predicted octanol–water partition coefficient (Wildman–Crippen LogP) is 7.29. The fourth-order valence-electron chi connectivity index (χ4n) is 7.89. The molecule has 0 N–H and O–H groups in total. The molecule has 9 rings (SSSR count). The van der Waals surface area contributed by atoms with E-state index >= 15 is 0 Å². The summed E-state index contributed by atoms with van der Waals surface area (Å²) in [4.78, 5) is 52.8. The van der Waals surface area contributed by atoms with Crippen LogP contribution in [0.3, 0.4) is 0 Å². The monoisotopic (exact) mass is 762 g/mol. The maximum atomic E-state index is 13.9. The molecule has 5 aromatic carbocycles. The summed E-state index contributed by atoms with van der Waals surface area (Å²) in [6.45, 7) is 1.84. The van der Waals surface area contributed by atoms with E-state index in [-0.39, 0.29) is 43.7 Å².